The molecule has 1 aliphatic rings. The number of amides is 1. The number of benzene rings is 1. The van der Waals surface area contributed by atoms with Crippen molar-refractivity contribution in [3.8, 4) is 11.8 Å². The molecule has 1 amide bonds. The van der Waals surface area contributed by atoms with Crippen molar-refractivity contribution in [1.82, 2.24) is 9.29 Å². The minimum Gasteiger partial charge on any atom is -0.487 e. The number of aliphatic hydroxyl groups excluding tert-OH is 1. The van der Waals surface area contributed by atoms with Gasteiger partial charge in [0, 0.05) is 18.9 Å². The van der Waals surface area contributed by atoms with Gasteiger partial charge in [0.1, 0.15) is 39.9 Å². The molecule has 2 heterocycles. The molecule has 1 aliphatic heterocycles. The van der Waals surface area contributed by atoms with Crippen LogP contribution in [0.25, 0.3) is 0 Å². The van der Waals surface area contributed by atoms with Gasteiger partial charge in [0.05, 0.1) is 12.2 Å². The first kappa shape index (κ1) is 19.8. The number of hydrogen-bond acceptors (Lipinski definition) is 5. The van der Waals surface area contributed by atoms with E-state index in [1.54, 1.807) is 13.1 Å². The van der Waals surface area contributed by atoms with E-state index < -0.39 is 34.9 Å². The van der Waals surface area contributed by atoms with Crippen LogP contribution in [0.15, 0.2) is 41.9 Å². The molecule has 1 unspecified atom stereocenters. The van der Waals surface area contributed by atoms with Crippen LogP contribution in [0.2, 0.25) is 0 Å². The minimum absolute atomic E-state index is 0.0887. The average molecular weight is 404 g/mol. The third-order valence-corrected chi connectivity index (χ3v) is 5.59. The number of nitrogens with one attached hydrogen (secondary N) is 2. The van der Waals surface area contributed by atoms with Crippen LogP contribution >= 0.6 is 0 Å². The molecule has 28 heavy (non-hydrogen) atoms. The molecule has 0 aliphatic carbocycles. The molecule has 0 radical (unpaired) electrons. The van der Waals surface area contributed by atoms with E-state index in [4.69, 9.17) is 10.00 Å². The highest BCUT2D eigenvalue weighted by Crippen LogP contribution is 2.33. The molecule has 1 aromatic carbocycles. The predicted octanol–water partition coefficient (Wildman–Crippen LogP) is 1.21. The fourth-order valence-electron chi connectivity index (χ4n) is 2.70. The fourth-order valence-corrected chi connectivity index (χ4v) is 3.97. The molecular weight excluding hydrogens is 387 g/mol. The zero-order chi connectivity index (χ0) is 20.5. The zero-order valence-corrected chi connectivity index (χ0v) is 15.7. The van der Waals surface area contributed by atoms with E-state index in [0.717, 1.165) is 6.07 Å². The topological polar surface area (TPSA) is 116 Å². The number of nitrogens with zero attached hydrogens (tertiary/aromatic N) is 2. The quantitative estimate of drug-likeness (QED) is 0.663. The Kier molecular flexibility index (Phi) is 5.33. The smallest absolute Gasteiger partial charge is 0.276 e. The number of carbonyl (C=O) groups excluding carboxylic acids is 1. The molecule has 0 saturated carbocycles. The van der Waals surface area contributed by atoms with Crippen LogP contribution in [0.5, 0.6) is 5.75 Å². The molecule has 2 aromatic rings. The summed E-state index contributed by atoms with van der Waals surface area (Å²) in [4.78, 5) is 13.0. The van der Waals surface area contributed by atoms with Crippen LogP contribution in [-0.4, -0.2) is 38.5 Å². The zero-order valence-electron chi connectivity index (χ0n) is 14.9. The van der Waals surface area contributed by atoms with Gasteiger partial charge in [-0.25, -0.2) is 13.3 Å². The van der Waals surface area contributed by atoms with Crippen molar-refractivity contribution in [2.75, 3.05) is 18.5 Å². The molecule has 2 atom stereocenters. The van der Waals surface area contributed by atoms with Crippen molar-refractivity contribution in [3.05, 3.63) is 54.1 Å². The summed E-state index contributed by atoms with van der Waals surface area (Å²) in [5, 5.41) is 21.1. The Balaban J connectivity index is 1.95. The Morgan fingerprint density at radius 2 is 2.39 bits per heavy atom. The maximum atomic E-state index is 13.5. The Bertz CT molecular complexity index is 1030. The lowest BCUT2D eigenvalue weighted by Crippen LogP contribution is -2.50. The number of rotatable bonds is 4. The van der Waals surface area contributed by atoms with Gasteiger partial charge in [0.2, 0.25) is 0 Å². The SMILES string of the molecule is C=C[C@]1(CO)COc2c(cn(C)c2C(=O)Nc2ccc(F)c(C#N)c2)S(=O)N1. The van der Waals surface area contributed by atoms with Gasteiger partial charge in [0.15, 0.2) is 11.4 Å². The fraction of sp³-hybridized carbons (Fsp3) is 0.222. The highest BCUT2D eigenvalue weighted by Gasteiger charge is 2.37. The number of aliphatic hydroxyl groups is 1. The standard InChI is InChI=1S/C18H17FN4O4S/c1-3-18(9-24)10-27-16-14(28(26)22-18)8-23(2)15(16)17(25)21-12-4-5-13(19)11(6-12)7-20/h3-6,8,22,24H,1,9-10H2,2H3,(H,21,25)/t18-,28?/m0/s1. The van der Waals surface area contributed by atoms with Crippen molar-refractivity contribution in [2.45, 2.75) is 10.4 Å². The van der Waals surface area contributed by atoms with Gasteiger partial charge in [-0.15, -0.1) is 6.58 Å². The van der Waals surface area contributed by atoms with Crippen LogP contribution in [0.3, 0.4) is 0 Å². The van der Waals surface area contributed by atoms with Gasteiger partial charge in [0.25, 0.3) is 5.91 Å². The van der Waals surface area contributed by atoms with E-state index in [1.165, 1.54) is 29.0 Å². The molecule has 0 bridgehead atoms. The predicted molar refractivity (Wildman–Crippen MR) is 99.5 cm³/mol. The average Bonchev–Trinajstić information content (AvgIpc) is 2.96. The molecule has 0 spiro atoms. The Hall–Kier alpha value is -3.00. The summed E-state index contributed by atoms with van der Waals surface area (Å²) in [7, 11) is -0.176. The van der Waals surface area contributed by atoms with Gasteiger partial charge >= 0.3 is 0 Å². The number of ether oxygens (including phenoxy) is 1. The van der Waals surface area contributed by atoms with E-state index in [1.807, 2.05) is 0 Å². The van der Waals surface area contributed by atoms with Crippen molar-refractivity contribution in [3.63, 3.8) is 0 Å². The number of fused-ring (bicyclic) bond motifs is 1. The van der Waals surface area contributed by atoms with Crippen LogP contribution < -0.4 is 14.8 Å². The van der Waals surface area contributed by atoms with Gasteiger partial charge < -0.3 is 19.7 Å². The molecule has 146 valence electrons. The maximum absolute atomic E-state index is 13.5. The number of aromatic nitrogens is 1. The number of hydrogen-bond donors (Lipinski definition) is 3. The lowest BCUT2D eigenvalue weighted by Gasteiger charge is -2.25. The van der Waals surface area contributed by atoms with Crippen molar-refractivity contribution >= 4 is 22.6 Å². The first-order chi connectivity index (χ1) is 13.3. The number of anilines is 1. The molecule has 1 aromatic heterocycles. The molecule has 3 rings (SSSR count). The molecule has 8 nitrogen and oxygen atoms in total. The lowest BCUT2D eigenvalue weighted by molar-refractivity contribution is 0.101. The van der Waals surface area contributed by atoms with Crippen LogP contribution in [0.1, 0.15) is 16.1 Å². The van der Waals surface area contributed by atoms with Crippen molar-refractivity contribution < 1.29 is 23.2 Å². The normalized spacial score (nSPS) is 21.0. The summed E-state index contributed by atoms with van der Waals surface area (Å²) in [6.45, 7) is 3.14. The van der Waals surface area contributed by atoms with Gasteiger partial charge in [-0.05, 0) is 18.2 Å². The van der Waals surface area contributed by atoms with Crippen LogP contribution in [-0.2, 0) is 18.0 Å². The first-order valence-electron chi connectivity index (χ1n) is 8.11. The molecule has 10 heteroatoms. The van der Waals surface area contributed by atoms with Crippen LogP contribution in [0, 0.1) is 17.1 Å². The summed E-state index contributed by atoms with van der Waals surface area (Å²) in [5.41, 5.74) is -1.02. The Labute approximate surface area is 162 Å². The summed E-state index contributed by atoms with van der Waals surface area (Å²) >= 11 is 0. The number of aryl methyl sites for hydroxylation is 1. The monoisotopic (exact) mass is 404 g/mol. The van der Waals surface area contributed by atoms with E-state index in [0.29, 0.717) is 0 Å². The van der Waals surface area contributed by atoms with E-state index in [9.17, 15) is 18.5 Å². The van der Waals surface area contributed by atoms with Crippen molar-refractivity contribution in [1.29, 1.82) is 5.26 Å². The highest BCUT2D eigenvalue weighted by atomic mass is 32.2. The van der Waals surface area contributed by atoms with E-state index >= 15 is 0 Å². The number of carbonyl (C=O) groups is 1. The van der Waals surface area contributed by atoms with E-state index in [-0.39, 0.29) is 34.2 Å². The molecule has 0 fully saturated rings. The lowest BCUT2D eigenvalue weighted by atomic mass is 10.0. The highest BCUT2D eigenvalue weighted by molar-refractivity contribution is 7.83. The van der Waals surface area contributed by atoms with E-state index in [2.05, 4.69) is 16.6 Å². The summed E-state index contributed by atoms with van der Waals surface area (Å²) in [5.74, 6) is -1.18. The second-order valence-electron chi connectivity index (χ2n) is 6.22. The number of halogens is 1. The maximum Gasteiger partial charge on any atom is 0.276 e. The third-order valence-electron chi connectivity index (χ3n) is 4.30. The van der Waals surface area contributed by atoms with Gasteiger partial charge in [-0.3, -0.25) is 4.79 Å². The first-order valence-corrected chi connectivity index (χ1v) is 9.26. The second kappa shape index (κ2) is 7.55. The van der Waals surface area contributed by atoms with Gasteiger partial charge in [-0.1, -0.05) is 6.08 Å². The molecular formula is C18H17FN4O4S. The van der Waals surface area contributed by atoms with Crippen LogP contribution in [0.4, 0.5) is 10.1 Å². The molecule has 3 N–H and O–H groups in total. The van der Waals surface area contributed by atoms with Crippen molar-refractivity contribution in [2.24, 2.45) is 7.05 Å². The van der Waals surface area contributed by atoms with Gasteiger partial charge in [-0.2, -0.15) is 5.26 Å². The third kappa shape index (κ3) is 3.43. The largest absolute Gasteiger partial charge is 0.487 e. The summed E-state index contributed by atoms with van der Waals surface area (Å²) < 4.78 is 36.0. The molecule has 0 saturated heterocycles. The Morgan fingerprint density at radius 3 is 3.04 bits per heavy atom. The second-order valence-corrected chi connectivity index (χ2v) is 7.40. The Morgan fingerprint density at radius 1 is 1.64 bits per heavy atom. The minimum atomic E-state index is -1.76. The summed E-state index contributed by atoms with van der Waals surface area (Å²) in [6, 6.07) is 5.32. The summed E-state index contributed by atoms with van der Waals surface area (Å²) in [6.07, 6.45) is 2.88. The number of nitriles is 1.